The number of oxazole rings is 1. The molecule has 46 heavy (non-hydrogen) atoms. The van der Waals surface area contributed by atoms with E-state index < -0.39 is 0 Å². The highest BCUT2D eigenvalue weighted by atomic mass is 16.3. The van der Waals surface area contributed by atoms with Gasteiger partial charge in [-0.25, -0.2) is 15.0 Å². The summed E-state index contributed by atoms with van der Waals surface area (Å²) in [7, 11) is 0. The molecule has 0 aliphatic rings. The minimum Gasteiger partial charge on any atom is -0.438 e. The first-order chi connectivity index (χ1) is 22.8. The van der Waals surface area contributed by atoms with Gasteiger partial charge >= 0.3 is 0 Å². The zero-order chi connectivity index (χ0) is 30.5. The fourth-order valence-electron chi connectivity index (χ4n) is 6.25. The quantitative estimate of drug-likeness (QED) is 0.200. The van der Waals surface area contributed by atoms with Crippen LogP contribution in [0, 0.1) is 0 Å². The summed E-state index contributed by atoms with van der Waals surface area (Å²) in [5, 5.41) is 1.14. The van der Waals surface area contributed by atoms with Crippen molar-refractivity contribution in [3.63, 3.8) is 0 Å². The van der Waals surface area contributed by atoms with Crippen LogP contribution in [-0.2, 0) is 0 Å². The van der Waals surface area contributed by atoms with E-state index >= 15 is 0 Å². The van der Waals surface area contributed by atoms with Crippen LogP contribution in [0.1, 0.15) is 0 Å². The van der Waals surface area contributed by atoms with Crippen LogP contribution in [-0.4, -0.2) is 19.4 Å². The van der Waals surface area contributed by atoms with E-state index in [9.17, 15) is 0 Å². The lowest BCUT2D eigenvalue weighted by Gasteiger charge is -2.09. The van der Waals surface area contributed by atoms with Crippen LogP contribution >= 0.6 is 0 Å². The molecule has 0 unspecified atom stereocenters. The SMILES string of the molecule is c1ccc(-c2ccc3oc4c(-c5ccc(-c6nc(-c7ccccc7)nc(-c7ccccc7)n6)cc5)c5ccccc5n4c3c2)cc1. The Morgan fingerprint density at radius 3 is 1.48 bits per heavy atom. The zero-order valence-electron chi connectivity index (χ0n) is 24.7. The van der Waals surface area contributed by atoms with E-state index in [2.05, 4.69) is 95.4 Å². The molecule has 6 aromatic carbocycles. The van der Waals surface area contributed by atoms with Crippen LogP contribution in [0.2, 0.25) is 0 Å². The average Bonchev–Trinajstić information content (AvgIpc) is 3.67. The van der Waals surface area contributed by atoms with Crippen molar-refractivity contribution in [2.75, 3.05) is 0 Å². The largest absolute Gasteiger partial charge is 0.438 e. The molecule has 0 saturated heterocycles. The van der Waals surface area contributed by atoms with Gasteiger partial charge in [-0.05, 0) is 34.9 Å². The molecule has 0 spiro atoms. The molecular weight excluding hydrogens is 564 g/mol. The Kier molecular flexibility index (Phi) is 6.06. The molecule has 3 aromatic heterocycles. The van der Waals surface area contributed by atoms with Gasteiger partial charge in [0.1, 0.15) is 0 Å². The summed E-state index contributed by atoms with van der Waals surface area (Å²) < 4.78 is 8.83. The van der Waals surface area contributed by atoms with Crippen molar-refractivity contribution in [1.82, 2.24) is 19.4 Å². The fraction of sp³-hybridized carbons (Fsp3) is 0. The molecule has 216 valence electrons. The second kappa shape index (κ2) is 10.7. The number of rotatable bonds is 5. The highest BCUT2D eigenvalue weighted by molar-refractivity contribution is 6.07. The van der Waals surface area contributed by atoms with Gasteiger partial charge in [-0.3, -0.25) is 4.40 Å². The van der Waals surface area contributed by atoms with Crippen LogP contribution in [0.5, 0.6) is 0 Å². The highest BCUT2D eigenvalue weighted by Crippen LogP contribution is 2.40. The maximum atomic E-state index is 6.59. The molecule has 0 bridgehead atoms. The predicted octanol–water partition coefficient (Wildman–Crippen LogP) is 10.4. The minimum atomic E-state index is 0.628. The lowest BCUT2D eigenvalue weighted by molar-refractivity contribution is 0.658. The van der Waals surface area contributed by atoms with Crippen molar-refractivity contribution in [2.45, 2.75) is 0 Å². The molecule has 0 amide bonds. The van der Waals surface area contributed by atoms with Crippen molar-refractivity contribution in [2.24, 2.45) is 0 Å². The number of fused-ring (bicyclic) bond motifs is 5. The van der Waals surface area contributed by atoms with Crippen LogP contribution in [0.15, 0.2) is 162 Å². The Labute approximate surface area is 265 Å². The van der Waals surface area contributed by atoms with E-state index in [-0.39, 0.29) is 0 Å². The van der Waals surface area contributed by atoms with Crippen LogP contribution in [0.3, 0.4) is 0 Å². The number of para-hydroxylation sites is 1. The molecule has 0 fully saturated rings. The van der Waals surface area contributed by atoms with E-state index in [0.29, 0.717) is 17.5 Å². The number of benzene rings is 6. The fourth-order valence-corrected chi connectivity index (χ4v) is 6.25. The average molecular weight is 591 g/mol. The van der Waals surface area contributed by atoms with E-state index in [1.165, 1.54) is 5.56 Å². The number of aromatic nitrogens is 4. The van der Waals surface area contributed by atoms with Gasteiger partial charge in [-0.1, -0.05) is 140 Å². The standard InChI is InChI=1S/C41H26N4O/c1-4-12-27(13-5-1)32-24-25-36-35(26-32)45-34-19-11-10-18-33(34)37(41(45)46-36)28-20-22-31(23-21-28)40-43-38(29-14-6-2-7-15-29)42-39(44-40)30-16-8-3-9-17-30/h1-26H. The number of hydrogen-bond acceptors (Lipinski definition) is 4. The summed E-state index contributed by atoms with van der Waals surface area (Å²) in [5.41, 5.74) is 11.1. The third-order valence-corrected chi connectivity index (χ3v) is 8.48. The van der Waals surface area contributed by atoms with Gasteiger partial charge in [0, 0.05) is 22.1 Å². The first kappa shape index (κ1) is 26.1. The van der Waals surface area contributed by atoms with Gasteiger partial charge in [-0.2, -0.15) is 0 Å². The second-order valence-corrected chi connectivity index (χ2v) is 11.3. The van der Waals surface area contributed by atoms with E-state index in [0.717, 1.165) is 61.1 Å². The molecule has 0 radical (unpaired) electrons. The summed E-state index contributed by atoms with van der Waals surface area (Å²) in [6.07, 6.45) is 0. The first-order valence-electron chi connectivity index (χ1n) is 15.3. The molecule has 0 saturated carbocycles. The first-order valence-corrected chi connectivity index (χ1v) is 15.3. The Morgan fingerprint density at radius 2 is 0.870 bits per heavy atom. The van der Waals surface area contributed by atoms with Crippen molar-refractivity contribution in [3.8, 4) is 56.4 Å². The summed E-state index contributed by atoms with van der Waals surface area (Å²) in [5.74, 6) is 1.92. The lowest BCUT2D eigenvalue weighted by Crippen LogP contribution is -2.00. The van der Waals surface area contributed by atoms with E-state index in [1.807, 2.05) is 66.7 Å². The van der Waals surface area contributed by atoms with Gasteiger partial charge in [-0.15, -0.1) is 0 Å². The minimum absolute atomic E-state index is 0.628. The molecule has 0 aliphatic carbocycles. The van der Waals surface area contributed by atoms with Crippen molar-refractivity contribution in [3.05, 3.63) is 158 Å². The van der Waals surface area contributed by atoms with Crippen molar-refractivity contribution >= 4 is 27.7 Å². The Hall–Kier alpha value is -6.33. The Balaban J connectivity index is 1.18. The third kappa shape index (κ3) is 4.37. The van der Waals surface area contributed by atoms with Crippen molar-refractivity contribution < 1.29 is 4.42 Å². The molecule has 5 nitrogen and oxygen atoms in total. The second-order valence-electron chi connectivity index (χ2n) is 11.3. The lowest BCUT2D eigenvalue weighted by atomic mass is 10.0. The summed E-state index contributed by atoms with van der Waals surface area (Å²) in [4.78, 5) is 14.7. The molecule has 9 rings (SSSR count). The van der Waals surface area contributed by atoms with Gasteiger partial charge < -0.3 is 4.42 Å². The Morgan fingerprint density at radius 1 is 0.391 bits per heavy atom. The number of hydrogen-bond donors (Lipinski definition) is 0. The third-order valence-electron chi connectivity index (χ3n) is 8.48. The van der Waals surface area contributed by atoms with Gasteiger partial charge in [0.2, 0.25) is 5.71 Å². The van der Waals surface area contributed by atoms with Gasteiger partial charge in [0.05, 0.1) is 16.6 Å². The molecule has 3 heterocycles. The molecule has 0 N–H and O–H groups in total. The summed E-state index contributed by atoms with van der Waals surface area (Å²) >= 11 is 0. The van der Waals surface area contributed by atoms with Gasteiger partial charge in [0.15, 0.2) is 23.1 Å². The normalized spacial score (nSPS) is 11.5. The highest BCUT2D eigenvalue weighted by Gasteiger charge is 2.20. The van der Waals surface area contributed by atoms with Crippen LogP contribution in [0.4, 0.5) is 0 Å². The van der Waals surface area contributed by atoms with E-state index in [1.54, 1.807) is 0 Å². The Bertz CT molecular complexity index is 2440. The molecule has 0 atom stereocenters. The molecule has 5 heteroatoms. The van der Waals surface area contributed by atoms with Gasteiger partial charge in [0.25, 0.3) is 0 Å². The van der Waals surface area contributed by atoms with E-state index in [4.69, 9.17) is 19.4 Å². The smallest absolute Gasteiger partial charge is 0.213 e. The topological polar surface area (TPSA) is 56.2 Å². The summed E-state index contributed by atoms with van der Waals surface area (Å²) in [6.45, 7) is 0. The maximum Gasteiger partial charge on any atom is 0.213 e. The maximum absolute atomic E-state index is 6.59. The predicted molar refractivity (Wildman–Crippen MR) is 185 cm³/mol. The summed E-state index contributed by atoms with van der Waals surface area (Å²) in [6, 6.07) is 53.9. The van der Waals surface area contributed by atoms with Crippen molar-refractivity contribution in [1.29, 1.82) is 0 Å². The molecule has 0 aliphatic heterocycles. The monoisotopic (exact) mass is 590 g/mol. The van der Waals surface area contributed by atoms with Crippen LogP contribution < -0.4 is 0 Å². The molecular formula is C41H26N4O. The van der Waals surface area contributed by atoms with Crippen LogP contribution in [0.25, 0.3) is 84.1 Å². The number of nitrogens with zero attached hydrogens (tertiary/aromatic N) is 4. The molecule has 9 aromatic rings. The zero-order valence-corrected chi connectivity index (χ0v) is 24.7.